The number of carbonyl (C=O) groups excluding carboxylic acids is 1. The van der Waals surface area contributed by atoms with Crippen molar-refractivity contribution >= 4 is 17.5 Å². The summed E-state index contributed by atoms with van der Waals surface area (Å²) in [5.74, 6) is 0.710. The highest BCUT2D eigenvalue weighted by Gasteiger charge is 2.23. The predicted molar refractivity (Wildman–Crippen MR) is 76.7 cm³/mol. The zero-order chi connectivity index (χ0) is 13.8. The highest BCUT2D eigenvalue weighted by atomic mass is 35.5. The molecule has 0 bridgehead atoms. The number of hydrogen-bond acceptors (Lipinski definition) is 2. The summed E-state index contributed by atoms with van der Waals surface area (Å²) in [5.41, 5.74) is 1.80. The Morgan fingerprint density at radius 3 is 2.68 bits per heavy atom. The van der Waals surface area contributed by atoms with Crippen molar-refractivity contribution in [3.8, 4) is 5.75 Å². The molecule has 0 radical (unpaired) electrons. The SMILES string of the molecule is COc1ccc(C(Cl)C(=O)NC2CCCC2)cc1C. The Morgan fingerprint density at radius 1 is 1.42 bits per heavy atom. The van der Waals surface area contributed by atoms with Crippen molar-refractivity contribution in [3.05, 3.63) is 29.3 Å². The van der Waals surface area contributed by atoms with Crippen LogP contribution < -0.4 is 10.1 Å². The van der Waals surface area contributed by atoms with Crippen molar-refractivity contribution in [3.63, 3.8) is 0 Å². The molecule has 1 N–H and O–H groups in total. The van der Waals surface area contributed by atoms with E-state index < -0.39 is 5.38 Å². The average molecular weight is 282 g/mol. The number of halogens is 1. The van der Waals surface area contributed by atoms with Gasteiger partial charge in [-0.25, -0.2) is 0 Å². The smallest absolute Gasteiger partial charge is 0.242 e. The maximum atomic E-state index is 12.1. The quantitative estimate of drug-likeness (QED) is 0.860. The maximum Gasteiger partial charge on any atom is 0.242 e. The lowest BCUT2D eigenvalue weighted by Crippen LogP contribution is -2.34. The lowest BCUT2D eigenvalue weighted by Gasteiger charge is -2.16. The van der Waals surface area contributed by atoms with Crippen LogP contribution >= 0.6 is 11.6 Å². The molecule has 19 heavy (non-hydrogen) atoms. The Balaban J connectivity index is 2.03. The minimum absolute atomic E-state index is 0.0990. The number of nitrogens with one attached hydrogen (secondary N) is 1. The fraction of sp³-hybridized carbons (Fsp3) is 0.533. The molecule has 0 aliphatic heterocycles. The van der Waals surface area contributed by atoms with Crippen molar-refractivity contribution in [1.82, 2.24) is 5.32 Å². The molecule has 1 amide bonds. The number of amides is 1. The summed E-state index contributed by atoms with van der Waals surface area (Å²) in [6.07, 6.45) is 4.52. The Bertz CT molecular complexity index is 455. The predicted octanol–water partition coefficient (Wildman–Crippen LogP) is 3.34. The topological polar surface area (TPSA) is 38.3 Å². The first-order valence-electron chi connectivity index (χ1n) is 6.71. The molecule has 104 valence electrons. The van der Waals surface area contributed by atoms with Gasteiger partial charge in [-0.2, -0.15) is 0 Å². The third kappa shape index (κ3) is 3.41. The Hall–Kier alpha value is -1.22. The summed E-state index contributed by atoms with van der Waals surface area (Å²) >= 11 is 6.25. The summed E-state index contributed by atoms with van der Waals surface area (Å²) in [5, 5.41) is 2.39. The Labute approximate surface area is 119 Å². The lowest BCUT2D eigenvalue weighted by molar-refractivity contribution is -0.121. The molecule has 4 heteroatoms. The molecule has 1 fully saturated rings. The fourth-order valence-electron chi connectivity index (χ4n) is 2.56. The van der Waals surface area contributed by atoms with Crippen molar-refractivity contribution in [2.75, 3.05) is 7.11 Å². The van der Waals surface area contributed by atoms with E-state index >= 15 is 0 Å². The molecule has 1 atom stereocenters. The third-order valence-corrected chi connectivity index (χ3v) is 4.09. The van der Waals surface area contributed by atoms with Gasteiger partial charge >= 0.3 is 0 Å². The summed E-state index contributed by atoms with van der Waals surface area (Å²) in [6.45, 7) is 1.95. The van der Waals surface area contributed by atoms with Gasteiger partial charge in [0, 0.05) is 6.04 Å². The molecule has 3 nitrogen and oxygen atoms in total. The Kier molecular flexibility index (Phi) is 4.70. The number of rotatable bonds is 4. The number of methoxy groups -OCH3 is 1. The minimum atomic E-state index is -0.634. The number of aryl methyl sites for hydroxylation is 1. The highest BCUT2D eigenvalue weighted by molar-refractivity contribution is 6.30. The van der Waals surface area contributed by atoms with Crippen LogP contribution in [0.3, 0.4) is 0 Å². The lowest BCUT2D eigenvalue weighted by atomic mass is 10.1. The normalized spacial score (nSPS) is 17.2. The molecule has 1 aliphatic rings. The number of carbonyl (C=O) groups is 1. The zero-order valence-electron chi connectivity index (χ0n) is 11.4. The molecule has 1 aliphatic carbocycles. The van der Waals surface area contributed by atoms with Crippen LogP contribution in [0.4, 0.5) is 0 Å². The second-order valence-corrected chi connectivity index (χ2v) is 5.52. The van der Waals surface area contributed by atoms with E-state index in [2.05, 4.69) is 5.32 Å². The second kappa shape index (κ2) is 6.29. The fourth-order valence-corrected chi connectivity index (χ4v) is 2.75. The maximum absolute atomic E-state index is 12.1. The zero-order valence-corrected chi connectivity index (χ0v) is 12.2. The summed E-state index contributed by atoms with van der Waals surface area (Å²) in [4.78, 5) is 12.1. The monoisotopic (exact) mass is 281 g/mol. The Morgan fingerprint density at radius 2 is 2.11 bits per heavy atom. The van der Waals surface area contributed by atoms with Crippen LogP contribution in [0.25, 0.3) is 0 Å². The van der Waals surface area contributed by atoms with Gasteiger partial charge in [-0.15, -0.1) is 11.6 Å². The van der Waals surface area contributed by atoms with E-state index in [4.69, 9.17) is 16.3 Å². The van der Waals surface area contributed by atoms with Gasteiger partial charge in [0.05, 0.1) is 7.11 Å². The number of alkyl halides is 1. The third-order valence-electron chi connectivity index (χ3n) is 3.64. The van der Waals surface area contributed by atoms with Crippen LogP contribution in [0.2, 0.25) is 0 Å². The largest absolute Gasteiger partial charge is 0.496 e. The van der Waals surface area contributed by atoms with Crippen LogP contribution in [-0.2, 0) is 4.79 Å². The molecule has 1 unspecified atom stereocenters. The van der Waals surface area contributed by atoms with Gasteiger partial charge in [-0.1, -0.05) is 25.0 Å². The van der Waals surface area contributed by atoms with Crippen molar-refractivity contribution in [2.24, 2.45) is 0 Å². The average Bonchev–Trinajstić information content (AvgIpc) is 2.90. The first kappa shape index (κ1) is 14.2. The summed E-state index contributed by atoms with van der Waals surface area (Å²) in [6, 6.07) is 5.90. The molecule has 0 aromatic heterocycles. The van der Waals surface area contributed by atoms with Crippen molar-refractivity contribution < 1.29 is 9.53 Å². The summed E-state index contributed by atoms with van der Waals surface area (Å²) in [7, 11) is 1.63. The van der Waals surface area contributed by atoms with Gasteiger partial charge in [0.25, 0.3) is 0 Å². The van der Waals surface area contributed by atoms with Gasteiger partial charge in [-0.3, -0.25) is 4.79 Å². The molecule has 1 saturated carbocycles. The van der Waals surface area contributed by atoms with Crippen molar-refractivity contribution in [1.29, 1.82) is 0 Å². The number of ether oxygens (including phenoxy) is 1. The van der Waals surface area contributed by atoms with E-state index in [9.17, 15) is 4.79 Å². The van der Waals surface area contributed by atoms with E-state index in [-0.39, 0.29) is 5.91 Å². The van der Waals surface area contributed by atoms with E-state index in [0.29, 0.717) is 6.04 Å². The highest BCUT2D eigenvalue weighted by Crippen LogP contribution is 2.27. The molecule has 1 aromatic rings. The molecule has 1 aromatic carbocycles. The molecule has 0 spiro atoms. The standard InChI is InChI=1S/C15H20ClNO2/c1-10-9-11(7-8-13(10)19-2)14(16)15(18)17-12-5-3-4-6-12/h7-9,12,14H,3-6H2,1-2H3,(H,17,18). The van der Waals surface area contributed by atoms with Crippen LogP contribution in [-0.4, -0.2) is 19.1 Å². The number of hydrogen-bond donors (Lipinski definition) is 1. The van der Waals surface area contributed by atoms with E-state index in [0.717, 1.165) is 29.7 Å². The van der Waals surface area contributed by atoms with Crippen LogP contribution in [0.1, 0.15) is 42.2 Å². The van der Waals surface area contributed by atoms with Crippen molar-refractivity contribution in [2.45, 2.75) is 44.0 Å². The molecule has 2 rings (SSSR count). The van der Waals surface area contributed by atoms with Crippen LogP contribution in [0.15, 0.2) is 18.2 Å². The second-order valence-electron chi connectivity index (χ2n) is 5.08. The van der Waals surface area contributed by atoms with Gasteiger partial charge in [-0.05, 0) is 37.0 Å². The van der Waals surface area contributed by atoms with Gasteiger partial charge in [0.15, 0.2) is 0 Å². The van der Waals surface area contributed by atoms with E-state index in [1.165, 1.54) is 12.8 Å². The molecular formula is C15H20ClNO2. The molecule has 0 saturated heterocycles. The molecule has 0 heterocycles. The first-order chi connectivity index (χ1) is 9.11. The molecular weight excluding hydrogens is 262 g/mol. The number of benzene rings is 1. The van der Waals surface area contributed by atoms with E-state index in [1.807, 2.05) is 25.1 Å². The van der Waals surface area contributed by atoms with Gasteiger partial charge in [0.1, 0.15) is 11.1 Å². The minimum Gasteiger partial charge on any atom is -0.496 e. The first-order valence-corrected chi connectivity index (χ1v) is 7.14. The van der Waals surface area contributed by atoms with Gasteiger partial charge in [0.2, 0.25) is 5.91 Å². The summed E-state index contributed by atoms with van der Waals surface area (Å²) < 4.78 is 5.20. The van der Waals surface area contributed by atoms with Gasteiger partial charge < -0.3 is 10.1 Å². The van der Waals surface area contributed by atoms with Crippen LogP contribution in [0.5, 0.6) is 5.75 Å². The van der Waals surface area contributed by atoms with E-state index in [1.54, 1.807) is 7.11 Å². The van der Waals surface area contributed by atoms with Crippen LogP contribution in [0, 0.1) is 6.92 Å².